The molecule has 0 amide bonds. The average Bonchev–Trinajstić information content (AvgIpc) is 2.27. The van der Waals surface area contributed by atoms with Crippen LogP contribution in [-0.2, 0) is 0 Å². The summed E-state index contributed by atoms with van der Waals surface area (Å²) in [5.74, 6) is 1.65. The second-order valence-electron chi connectivity index (χ2n) is 4.68. The fourth-order valence-electron chi connectivity index (χ4n) is 2.31. The van der Waals surface area contributed by atoms with Crippen molar-refractivity contribution in [3.05, 3.63) is 12.2 Å². The topological polar surface area (TPSA) is 38.4 Å². The van der Waals surface area contributed by atoms with E-state index in [2.05, 4.69) is 11.6 Å². The molecule has 1 saturated carbocycles. The van der Waals surface area contributed by atoms with Crippen LogP contribution in [0, 0.1) is 5.92 Å². The summed E-state index contributed by atoms with van der Waals surface area (Å²) in [5.41, 5.74) is 6.91. The van der Waals surface area contributed by atoms with Gasteiger partial charge >= 0.3 is 0 Å². The van der Waals surface area contributed by atoms with Gasteiger partial charge in [0.25, 0.3) is 0 Å². The van der Waals surface area contributed by atoms with Crippen LogP contribution in [0.5, 0.6) is 0 Å². The molecule has 0 unspecified atom stereocenters. The summed E-state index contributed by atoms with van der Waals surface area (Å²) in [4.78, 5) is 3.96. The number of nitrogens with two attached hydrogens (primary N) is 1. The van der Waals surface area contributed by atoms with Crippen molar-refractivity contribution in [2.75, 3.05) is 7.05 Å². The lowest BCUT2D eigenvalue weighted by atomic mass is 9.85. The van der Waals surface area contributed by atoms with Gasteiger partial charge in [0.2, 0.25) is 0 Å². The fourth-order valence-corrected chi connectivity index (χ4v) is 2.31. The van der Waals surface area contributed by atoms with E-state index in [1.165, 1.54) is 44.1 Å². The largest absolute Gasteiger partial charge is 0.387 e. The molecule has 0 bridgehead atoms. The zero-order valence-electron chi connectivity index (χ0n) is 9.97. The van der Waals surface area contributed by atoms with Crippen LogP contribution >= 0.6 is 0 Å². The van der Waals surface area contributed by atoms with Crippen molar-refractivity contribution in [1.29, 1.82) is 0 Å². The molecular weight excluding hydrogens is 184 g/mol. The third-order valence-electron chi connectivity index (χ3n) is 3.35. The minimum atomic E-state index is 0.712. The molecule has 2 heteroatoms. The van der Waals surface area contributed by atoms with Gasteiger partial charge in [-0.2, -0.15) is 0 Å². The van der Waals surface area contributed by atoms with Gasteiger partial charge in [0, 0.05) is 13.5 Å². The lowest BCUT2D eigenvalue weighted by Crippen LogP contribution is -2.12. The van der Waals surface area contributed by atoms with Crippen molar-refractivity contribution >= 4 is 5.84 Å². The molecule has 0 saturated heterocycles. The first kappa shape index (κ1) is 12.3. The van der Waals surface area contributed by atoms with Crippen LogP contribution in [-0.4, -0.2) is 12.9 Å². The molecule has 86 valence electrons. The van der Waals surface area contributed by atoms with E-state index < -0.39 is 0 Å². The van der Waals surface area contributed by atoms with Crippen molar-refractivity contribution in [1.82, 2.24) is 0 Å². The van der Waals surface area contributed by atoms with Gasteiger partial charge in [-0.3, -0.25) is 4.99 Å². The predicted molar refractivity (Wildman–Crippen MR) is 67.1 cm³/mol. The quantitative estimate of drug-likeness (QED) is 0.420. The first-order valence-electron chi connectivity index (χ1n) is 6.10. The molecule has 0 aromatic carbocycles. The van der Waals surface area contributed by atoms with Gasteiger partial charge in [0.05, 0.1) is 5.84 Å². The number of hydrogen-bond donors (Lipinski definition) is 1. The third kappa shape index (κ3) is 5.01. The molecule has 0 spiro atoms. The minimum Gasteiger partial charge on any atom is -0.387 e. The average molecular weight is 208 g/mol. The van der Waals surface area contributed by atoms with Gasteiger partial charge in [-0.15, -0.1) is 0 Å². The van der Waals surface area contributed by atoms with Gasteiger partial charge in [0.15, 0.2) is 0 Å². The smallest absolute Gasteiger partial charge is 0.0974 e. The molecule has 0 aliphatic heterocycles. The highest BCUT2D eigenvalue weighted by Gasteiger charge is 2.13. The van der Waals surface area contributed by atoms with Crippen LogP contribution in [0.2, 0.25) is 0 Å². The molecule has 2 nitrogen and oxygen atoms in total. The summed E-state index contributed by atoms with van der Waals surface area (Å²) in [6.45, 7) is 4.07. The van der Waals surface area contributed by atoms with Gasteiger partial charge in [-0.1, -0.05) is 44.3 Å². The number of nitrogens with zero attached hydrogens (tertiary/aromatic N) is 1. The molecule has 0 aromatic rings. The highest BCUT2D eigenvalue weighted by atomic mass is 14.8. The van der Waals surface area contributed by atoms with E-state index in [1.54, 1.807) is 7.05 Å². The zero-order valence-corrected chi connectivity index (χ0v) is 9.97. The second-order valence-corrected chi connectivity index (χ2v) is 4.68. The molecule has 0 atom stereocenters. The maximum absolute atomic E-state index is 5.67. The molecule has 0 radical (unpaired) electrons. The summed E-state index contributed by atoms with van der Waals surface area (Å²) < 4.78 is 0. The summed E-state index contributed by atoms with van der Waals surface area (Å²) in [7, 11) is 1.74. The van der Waals surface area contributed by atoms with Crippen LogP contribution in [0.3, 0.4) is 0 Å². The fraction of sp³-hybridized carbons (Fsp3) is 0.769. The van der Waals surface area contributed by atoms with Crippen molar-refractivity contribution in [3.63, 3.8) is 0 Å². The molecule has 1 rings (SSSR count). The SMILES string of the molecule is C=C(CCC1CCCCC1)CC(N)=NC. The van der Waals surface area contributed by atoms with Gasteiger partial charge < -0.3 is 5.73 Å². The highest BCUT2D eigenvalue weighted by Crippen LogP contribution is 2.28. The van der Waals surface area contributed by atoms with Crippen molar-refractivity contribution in [2.24, 2.45) is 16.6 Å². The standard InChI is InChI=1S/C13H24N2/c1-11(10-13(14)15-2)8-9-12-6-4-3-5-7-12/h12H,1,3-10H2,2H3,(H2,14,15). The van der Waals surface area contributed by atoms with E-state index >= 15 is 0 Å². The number of rotatable bonds is 5. The van der Waals surface area contributed by atoms with Crippen LogP contribution < -0.4 is 5.73 Å². The van der Waals surface area contributed by atoms with Crippen LogP contribution in [0.15, 0.2) is 17.1 Å². The number of aliphatic imine (C=N–C) groups is 1. The Hall–Kier alpha value is -0.790. The summed E-state index contributed by atoms with van der Waals surface area (Å²) in [5, 5.41) is 0. The lowest BCUT2D eigenvalue weighted by molar-refractivity contribution is 0.339. The Kier molecular flexibility index (Phi) is 5.44. The Morgan fingerprint density at radius 1 is 1.33 bits per heavy atom. The van der Waals surface area contributed by atoms with Crippen molar-refractivity contribution in [3.8, 4) is 0 Å². The summed E-state index contributed by atoms with van der Waals surface area (Å²) in [6, 6.07) is 0. The first-order chi connectivity index (χ1) is 7.22. The lowest BCUT2D eigenvalue weighted by Gasteiger charge is -2.21. The van der Waals surface area contributed by atoms with Gasteiger partial charge in [0.1, 0.15) is 0 Å². The van der Waals surface area contributed by atoms with Gasteiger partial charge in [-0.25, -0.2) is 0 Å². The summed E-state index contributed by atoms with van der Waals surface area (Å²) in [6.07, 6.45) is 10.3. The number of hydrogen-bond acceptors (Lipinski definition) is 1. The Morgan fingerprint density at radius 3 is 2.60 bits per heavy atom. The Balaban J connectivity index is 2.15. The minimum absolute atomic E-state index is 0.712. The molecule has 1 fully saturated rings. The molecular formula is C13H24N2. The van der Waals surface area contributed by atoms with E-state index in [-0.39, 0.29) is 0 Å². The van der Waals surface area contributed by atoms with Crippen LogP contribution in [0.4, 0.5) is 0 Å². The zero-order chi connectivity index (χ0) is 11.1. The van der Waals surface area contributed by atoms with E-state index in [1.807, 2.05) is 0 Å². The van der Waals surface area contributed by atoms with Crippen LogP contribution in [0.25, 0.3) is 0 Å². The van der Waals surface area contributed by atoms with E-state index in [9.17, 15) is 0 Å². The maximum Gasteiger partial charge on any atom is 0.0974 e. The molecule has 1 aliphatic rings. The van der Waals surface area contributed by atoms with Crippen molar-refractivity contribution in [2.45, 2.75) is 51.4 Å². The third-order valence-corrected chi connectivity index (χ3v) is 3.35. The first-order valence-corrected chi connectivity index (χ1v) is 6.10. The van der Waals surface area contributed by atoms with E-state index in [0.29, 0.717) is 5.84 Å². The number of amidine groups is 1. The molecule has 0 heterocycles. The Morgan fingerprint density at radius 2 is 2.00 bits per heavy atom. The summed E-state index contributed by atoms with van der Waals surface area (Å²) >= 11 is 0. The van der Waals surface area contributed by atoms with E-state index in [0.717, 1.165) is 18.8 Å². The molecule has 1 aliphatic carbocycles. The Bertz CT molecular complexity index is 225. The monoisotopic (exact) mass is 208 g/mol. The van der Waals surface area contributed by atoms with E-state index in [4.69, 9.17) is 5.73 Å². The second kappa shape index (κ2) is 6.65. The van der Waals surface area contributed by atoms with Crippen LogP contribution in [0.1, 0.15) is 51.4 Å². The van der Waals surface area contributed by atoms with Crippen molar-refractivity contribution < 1.29 is 0 Å². The predicted octanol–water partition coefficient (Wildman–Crippen LogP) is 3.28. The highest BCUT2D eigenvalue weighted by molar-refractivity contribution is 5.82. The molecule has 15 heavy (non-hydrogen) atoms. The normalized spacial score (nSPS) is 19.1. The molecule has 0 aromatic heterocycles. The molecule has 2 N–H and O–H groups in total. The van der Waals surface area contributed by atoms with Gasteiger partial charge in [-0.05, 0) is 18.8 Å². The Labute approximate surface area is 93.7 Å². The maximum atomic E-state index is 5.67.